The van der Waals surface area contributed by atoms with Crippen LogP contribution in [0.25, 0.3) is 0 Å². The molecule has 1 aromatic carbocycles. The van der Waals surface area contributed by atoms with Crippen molar-refractivity contribution in [1.82, 2.24) is 5.32 Å². The molecule has 1 fully saturated rings. The number of nitro groups is 1. The number of hydrogen-bond donors (Lipinski definition) is 1. The van der Waals surface area contributed by atoms with Gasteiger partial charge in [0.25, 0.3) is 5.69 Å². The SMILES string of the molecule is O=[N+]([O-])c1cc(CNC2CCCS(=O)(=O)C2)ccc1Cl. The zero-order chi connectivity index (χ0) is 14.8. The standard InChI is InChI=1S/C12H15ClN2O4S/c13-11-4-3-9(6-12(11)15(16)17)7-14-10-2-1-5-20(18,19)8-10/h3-4,6,10,14H,1-2,5,7-8H2. The Hall–Kier alpha value is -1.18. The molecule has 6 nitrogen and oxygen atoms in total. The van der Waals surface area contributed by atoms with Gasteiger partial charge in [0.15, 0.2) is 9.84 Å². The van der Waals surface area contributed by atoms with Crippen LogP contribution in [0.2, 0.25) is 5.02 Å². The molecule has 110 valence electrons. The predicted molar refractivity (Wildman–Crippen MR) is 76.6 cm³/mol. The van der Waals surface area contributed by atoms with Gasteiger partial charge in [-0.3, -0.25) is 10.1 Å². The van der Waals surface area contributed by atoms with Gasteiger partial charge in [-0.2, -0.15) is 0 Å². The topological polar surface area (TPSA) is 89.3 Å². The zero-order valence-electron chi connectivity index (χ0n) is 10.7. The maximum atomic E-state index is 11.5. The molecule has 1 unspecified atom stereocenters. The Morgan fingerprint density at radius 1 is 1.45 bits per heavy atom. The van der Waals surface area contributed by atoms with Crippen molar-refractivity contribution < 1.29 is 13.3 Å². The molecule has 0 spiro atoms. The second kappa shape index (κ2) is 6.07. The first-order valence-electron chi connectivity index (χ1n) is 6.24. The molecule has 0 aromatic heterocycles. The van der Waals surface area contributed by atoms with Crippen LogP contribution >= 0.6 is 11.6 Å². The smallest absolute Gasteiger partial charge is 0.288 e. The van der Waals surface area contributed by atoms with Crippen molar-refractivity contribution in [2.75, 3.05) is 11.5 Å². The molecule has 0 bridgehead atoms. The average molecular weight is 319 g/mol. The van der Waals surface area contributed by atoms with Gasteiger partial charge >= 0.3 is 0 Å². The van der Waals surface area contributed by atoms with E-state index < -0.39 is 14.8 Å². The van der Waals surface area contributed by atoms with Gasteiger partial charge in [-0.25, -0.2) is 8.42 Å². The van der Waals surface area contributed by atoms with Crippen LogP contribution in [0.15, 0.2) is 18.2 Å². The summed E-state index contributed by atoms with van der Waals surface area (Å²) in [5.41, 5.74) is 0.575. The molecular weight excluding hydrogens is 304 g/mol. The van der Waals surface area contributed by atoms with Gasteiger partial charge in [-0.15, -0.1) is 0 Å². The lowest BCUT2D eigenvalue weighted by Crippen LogP contribution is -2.39. The first kappa shape index (κ1) is 15.2. The molecule has 1 N–H and O–H groups in total. The largest absolute Gasteiger partial charge is 0.309 e. The predicted octanol–water partition coefficient (Wildman–Crippen LogP) is 1.91. The van der Waals surface area contributed by atoms with E-state index in [-0.39, 0.29) is 28.3 Å². The van der Waals surface area contributed by atoms with Crippen molar-refractivity contribution in [3.8, 4) is 0 Å². The Morgan fingerprint density at radius 3 is 2.85 bits per heavy atom. The highest BCUT2D eigenvalue weighted by Crippen LogP contribution is 2.25. The third kappa shape index (κ3) is 3.91. The number of benzene rings is 1. The molecule has 1 atom stereocenters. The summed E-state index contributed by atoms with van der Waals surface area (Å²) in [6.45, 7) is 0.387. The van der Waals surface area contributed by atoms with Gasteiger partial charge in [0.05, 0.1) is 16.4 Å². The van der Waals surface area contributed by atoms with Crippen molar-refractivity contribution >= 4 is 27.1 Å². The van der Waals surface area contributed by atoms with Crippen molar-refractivity contribution in [1.29, 1.82) is 0 Å². The number of nitro benzene ring substituents is 1. The van der Waals surface area contributed by atoms with Gasteiger partial charge in [-0.1, -0.05) is 17.7 Å². The Labute approximate surface area is 122 Å². The molecule has 8 heteroatoms. The van der Waals surface area contributed by atoms with E-state index in [0.717, 1.165) is 6.42 Å². The molecule has 1 aromatic rings. The van der Waals surface area contributed by atoms with Crippen molar-refractivity contribution in [3.05, 3.63) is 38.9 Å². The number of nitrogens with zero attached hydrogens (tertiary/aromatic N) is 1. The Bertz CT molecular complexity index is 618. The van der Waals surface area contributed by atoms with E-state index in [2.05, 4.69) is 5.32 Å². The molecule has 0 amide bonds. The van der Waals surface area contributed by atoms with Gasteiger partial charge < -0.3 is 5.32 Å². The normalized spacial score (nSPS) is 21.6. The number of nitrogens with one attached hydrogen (secondary N) is 1. The fraction of sp³-hybridized carbons (Fsp3) is 0.500. The summed E-state index contributed by atoms with van der Waals surface area (Å²) < 4.78 is 23.0. The van der Waals surface area contributed by atoms with E-state index in [1.807, 2.05) is 0 Å². The number of rotatable bonds is 4. The van der Waals surface area contributed by atoms with Crippen LogP contribution in [-0.4, -0.2) is 30.9 Å². The molecule has 1 heterocycles. The van der Waals surface area contributed by atoms with E-state index in [1.165, 1.54) is 12.1 Å². The van der Waals surface area contributed by atoms with Crippen LogP contribution in [0.4, 0.5) is 5.69 Å². The summed E-state index contributed by atoms with van der Waals surface area (Å²) in [5, 5.41) is 14.0. The highest BCUT2D eigenvalue weighted by molar-refractivity contribution is 7.91. The van der Waals surface area contributed by atoms with Crippen molar-refractivity contribution in [2.24, 2.45) is 0 Å². The second-order valence-corrected chi connectivity index (χ2v) is 7.51. The summed E-state index contributed by atoms with van der Waals surface area (Å²) in [6.07, 6.45) is 1.45. The third-order valence-electron chi connectivity index (χ3n) is 3.27. The number of sulfone groups is 1. The third-order valence-corrected chi connectivity index (χ3v) is 5.41. The summed E-state index contributed by atoms with van der Waals surface area (Å²) in [6, 6.07) is 4.49. The Kier molecular flexibility index (Phi) is 4.62. The molecule has 0 aliphatic carbocycles. The van der Waals surface area contributed by atoms with Gasteiger partial charge in [0.2, 0.25) is 0 Å². The summed E-state index contributed by atoms with van der Waals surface area (Å²) in [7, 11) is -2.96. The van der Waals surface area contributed by atoms with Crippen LogP contribution in [0.3, 0.4) is 0 Å². The van der Waals surface area contributed by atoms with Crippen LogP contribution in [-0.2, 0) is 16.4 Å². The van der Waals surface area contributed by atoms with Crippen molar-refractivity contribution in [2.45, 2.75) is 25.4 Å². The highest BCUT2D eigenvalue weighted by Gasteiger charge is 2.24. The summed E-state index contributed by atoms with van der Waals surface area (Å²) in [4.78, 5) is 10.3. The first-order chi connectivity index (χ1) is 9.37. The minimum Gasteiger partial charge on any atom is -0.309 e. The minimum atomic E-state index is -2.96. The van der Waals surface area contributed by atoms with E-state index in [4.69, 9.17) is 11.6 Å². The van der Waals surface area contributed by atoms with Gasteiger partial charge in [0.1, 0.15) is 5.02 Å². The minimum absolute atomic E-state index is 0.0940. The zero-order valence-corrected chi connectivity index (χ0v) is 12.3. The van der Waals surface area contributed by atoms with E-state index in [0.29, 0.717) is 18.5 Å². The summed E-state index contributed by atoms with van der Waals surface area (Å²) in [5.74, 6) is 0.375. The maximum absolute atomic E-state index is 11.5. The molecule has 20 heavy (non-hydrogen) atoms. The van der Waals surface area contributed by atoms with Crippen molar-refractivity contribution in [3.63, 3.8) is 0 Å². The van der Waals surface area contributed by atoms with Crippen LogP contribution < -0.4 is 5.32 Å². The second-order valence-electron chi connectivity index (χ2n) is 4.88. The lowest BCUT2D eigenvalue weighted by Gasteiger charge is -2.23. The van der Waals surface area contributed by atoms with E-state index >= 15 is 0 Å². The maximum Gasteiger partial charge on any atom is 0.288 e. The lowest BCUT2D eigenvalue weighted by molar-refractivity contribution is -0.384. The monoisotopic (exact) mass is 318 g/mol. The van der Waals surface area contributed by atoms with E-state index in [9.17, 15) is 18.5 Å². The first-order valence-corrected chi connectivity index (χ1v) is 8.44. The molecule has 1 aliphatic rings. The van der Waals surface area contributed by atoms with Crippen LogP contribution in [0, 0.1) is 10.1 Å². The molecule has 1 saturated heterocycles. The van der Waals surface area contributed by atoms with Gasteiger partial charge in [-0.05, 0) is 24.5 Å². The summed E-state index contributed by atoms with van der Waals surface area (Å²) >= 11 is 5.74. The van der Waals surface area contributed by atoms with E-state index in [1.54, 1.807) is 6.07 Å². The molecule has 1 aliphatic heterocycles. The fourth-order valence-electron chi connectivity index (χ4n) is 2.25. The molecule has 0 saturated carbocycles. The van der Waals surface area contributed by atoms with Crippen LogP contribution in [0.5, 0.6) is 0 Å². The number of halogens is 1. The number of hydrogen-bond acceptors (Lipinski definition) is 5. The molecular formula is C12H15ClN2O4S. The Morgan fingerprint density at radius 2 is 2.20 bits per heavy atom. The highest BCUT2D eigenvalue weighted by atomic mass is 35.5. The Balaban J connectivity index is 2.01. The molecule has 2 rings (SSSR count). The molecule has 0 radical (unpaired) electrons. The average Bonchev–Trinajstić information content (AvgIpc) is 2.36. The lowest BCUT2D eigenvalue weighted by atomic mass is 10.1. The quantitative estimate of drug-likeness (QED) is 0.676. The fourth-order valence-corrected chi connectivity index (χ4v) is 4.11. The van der Waals surface area contributed by atoms with Gasteiger partial charge in [0, 0.05) is 18.7 Å². The van der Waals surface area contributed by atoms with Crippen LogP contribution in [0.1, 0.15) is 18.4 Å².